The summed E-state index contributed by atoms with van der Waals surface area (Å²) in [5.41, 5.74) is 0.890. The zero-order valence-corrected chi connectivity index (χ0v) is 20.0. The Morgan fingerprint density at radius 1 is 1.12 bits per heavy atom. The number of nitrogens with zero attached hydrogens (tertiary/aromatic N) is 3. The fraction of sp³-hybridized carbons (Fsp3) is 0.348. The summed E-state index contributed by atoms with van der Waals surface area (Å²) >= 11 is 1.19. The summed E-state index contributed by atoms with van der Waals surface area (Å²) in [6.07, 6.45) is 2.48. The first kappa shape index (κ1) is 23.5. The zero-order valence-electron chi connectivity index (χ0n) is 18.4. The van der Waals surface area contributed by atoms with E-state index in [9.17, 15) is 18.0 Å². The fourth-order valence-corrected chi connectivity index (χ4v) is 6.21. The third-order valence-corrected chi connectivity index (χ3v) is 8.30. The number of carbonyl (C=O) groups is 1. The number of para-hydroxylation sites is 1. The molecule has 0 saturated carbocycles. The van der Waals surface area contributed by atoms with Crippen molar-refractivity contribution >= 4 is 44.3 Å². The molecule has 3 aromatic rings. The van der Waals surface area contributed by atoms with Crippen molar-refractivity contribution < 1.29 is 13.2 Å². The van der Waals surface area contributed by atoms with Gasteiger partial charge in [0.2, 0.25) is 15.9 Å². The minimum atomic E-state index is -3.56. The highest BCUT2D eigenvalue weighted by Crippen LogP contribution is 2.24. The van der Waals surface area contributed by atoms with E-state index in [0.717, 1.165) is 19.3 Å². The molecule has 0 spiro atoms. The van der Waals surface area contributed by atoms with Gasteiger partial charge in [-0.25, -0.2) is 13.4 Å². The molecule has 174 valence electrons. The molecule has 4 rings (SSSR count). The first-order valence-electron chi connectivity index (χ1n) is 10.9. The summed E-state index contributed by atoms with van der Waals surface area (Å²) in [4.78, 5) is 30.2. The highest BCUT2D eigenvalue weighted by molar-refractivity contribution is 7.99. The van der Waals surface area contributed by atoms with Crippen LogP contribution in [0.5, 0.6) is 0 Å². The second-order valence-electron chi connectivity index (χ2n) is 7.84. The van der Waals surface area contributed by atoms with Crippen molar-refractivity contribution in [3.8, 4) is 0 Å². The molecule has 1 saturated heterocycles. The lowest BCUT2D eigenvalue weighted by molar-refractivity contribution is -0.113. The van der Waals surface area contributed by atoms with E-state index in [1.54, 1.807) is 41.0 Å². The molecule has 33 heavy (non-hydrogen) atoms. The Morgan fingerprint density at radius 2 is 1.88 bits per heavy atom. The molecule has 1 fully saturated rings. The molecule has 1 N–H and O–H groups in total. The van der Waals surface area contributed by atoms with Crippen molar-refractivity contribution in [2.24, 2.45) is 0 Å². The van der Waals surface area contributed by atoms with Gasteiger partial charge in [-0.2, -0.15) is 4.31 Å². The molecule has 8 nitrogen and oxygen atoms in total. The number of anilines is 1. The molecular weight excluding hydrogens is 460 g/mol. The second kappa shape index (κ2) is 10.1. The van der Waals surface area contributed by atoms with E-state index in [1.807, 2.05) is 13.0 Å². The molecule has 1 aliphatic heterocycles. The fourth-order valence-electron chi connectivity index (χ4n) is 3.82. The van der Waals surface area contributed by atoms with Crippen molar-refractivity contribution in [3.63, 3.8) is 0 Å². The van der Waals surface area contributed by atoms with E-state index >= 15 is 0 Å². The molecule has 0 unspecified atom stereocenters. The van der Waals surface area contributed by atoms with Crippen LogP contribution < -0.4 is 10.9 Å². The number of thioether (sulfide) groups is 1. The van der Waals surface area contributed by atoms with Crippen LogP contribution >= 0.6 is 11.8 Å². The van der Waals surface area contributed by atoms with E-state index in [-0.39, 0.29) is 22.1 Å². The Balaban J connectivity index is 1.49. The Kier molecular flexibility index (Phi) is 7.16. The maximum atomic E-state index is 12.9. The summed E-state index contributed by atoms with van der Waals surface area (Å²) in [5.74, 6) is -0.265. The molecule has 10 heteroatoms. The molecule has 0 aliphatic carbocycles. The number of hydrogen-bond acceptors (Lipinski definition) is 6. The van der Waals surface area contributed by atoms with Gasteiger partial charge in [0, 0.05) is 25.3 Å². The highest BCUT2D eigenvalue weighted by Gasteiger charge is 2.27. The molecule has 0 bridgehead atoms. The number of sulfonamides is 1. The molecule has 2 aromatic carbocycles. The predicted octanol–water partition coefficient (Wildman–Crippen LogP) is 3.32. The highest BCUT2D eigenvalue weighted by atomic mass is 32.2. The monoisotopic (exact) mass is 486 g/mol. The van der Waals surface area contributed by atoms with E-state index in [1.165, 1.54) is 22.1 Å². The van der Waals surface area contributed by atoms with Crippen LogP contribution in [0, 0.1) is 0 Å². The summed E-state index contributed by atoms with van der Waals surface area (Å²) < 4.78 is 28.7. The standard InChI is InChI=1S/C23H26N4O4S2/c1-2-12-27-22(29)19-10-3-4-11-20(19)25-23(27)32-16-21(28)24-17-8-7-9-18(15-17)33(30,31)26-13-5-6-14-26/h3-4,7-11,15H,2,5-6,12-14,16H2,1H3,(H,24,28). The van der Waals surface area contributed by atoms with Gasteiger partial charge in [0.25, 0.3) is 5.56 Å². The van der Waals surface area contributed by atoms with Crippen LogP contribution in [0.25, 0.3) is 10.9 Å². The van der Waals surface area contributed by atoms with Gasteiger partial charge < -0.3 is 5.32 Å². The first-order chi connectivity index (χ1) is 15.9. The van der Waals surface area contributed by atoms with Gasteiger partial charge in [-0.05, 0) is 49.6 Å². The molecule has 0 radical (unpaired) electrons. The number of aromatic nitrogens is 2. The third kappa shape index (κ3) is 5.13. The molecular formula is C23H26N4O4S2. The number of nitrogens with one attached hydrogen (secondary N) is 1. The maximum absolute atomic E-state index is 12.9. The van der Waals surface area contributed by atoms with Crippen LogP contribution in [0.2, 0.25) is 0 Å². The summed E-state index contributed by atoms with van der Waals surface area (Å²) in [5, 5.41) is 3.80. The van der Waals surface area contributed by atoms with Crippen LogP contribution in [0.4, 0.5) is 5.69 Å². The minimum Gasteiger partial charge on any atom is -0.325 e. The van der Waals surface area contributed by atoms with Crippen molar-refractivity contribution in [1.29, 1.82) is 0 Å². The van der Waals surface area contributed by atoms with Crippen molar-refractivity contribution in [1.82, 2.24) is 13.9 Å². The van der Waals surface area contributed by atoms with E-state index in [2.05, 4.69) is 10.3 Å². The quantitative estimate of drug-likeness (QED) is 0.387. The lowest BCUT2D eigenvalue weighted by Crippen LogP contribution is -2.28. The second-order valence-corrected chi connectivity index (χ2v) is 10.7. The Hall–Kier alpha value is -2.69. The van der Waals surface area contributed by atoms with Gasteiger partial charge in [-0.3, -0.25) is 14.2 Å². The molecule has 0 atom stereocenters. The maximum Gasteiger partial charge on any atom is 0.262 e. The average molecular weight is 487 g/mol. The summed E-state index contributed by atoms with van der Waals surface area (Å²) in [7, 11) is -3.56. The van der Waals surface area contributed by atoms with Crippen LogP contribution in [0.3, 0.4) is 0 Å². The molecule has 1 aliphatic rings. The number of amides is 1. The van der Waals surface area contributed by atoms with Crippen molar-refractivity contribution in [2.45, 2.75) is 42.8 Å². The molecule has 1 amide bonds. The smallest absolute Gasteiger partial charge is 0.262 e. The van der Waals surface area contributed by atoms with Gasteiger partial charge in [0.15, 0.2) is 5.16 Å². The van der Waals surface area contributed by atoms with E-state index in [4.69, 9.17) is 0 Å². The average Bonchev–Trinajstić information content (AvgIpc) is 3.36. The topological polar surface area (TPSA) is 101 Å². The summed E-state index contributed by atoms with van der Waals surface area (Å²) in [6.45, 7) is 3.53. The number of hydrogen-bond donors (Lipinski definition) is 1. The lowest BCUT2D eigenvalue weighted by atomic mass is 10.2. The largest absolute Gasteiger partial charge is 0.325 e. The lowest BCUT2D eigenvalue weighted by Gasteiger charge is -2.16. The Bertz CT molecular complexity index is 1330. The molecule has 2 heterocycles. The number of benzene rings is 2. The Labute approximate surface area is 197 Å². The minimum absolute atomic E-state index is 0.0393. The first-order valence-corrected chi connectivity index (χ1v) is 13.3. The summed E-state index contributed by atoms with van der Waals surface area (Å²) in [6, 6.07) is 13.5. The van der Waals surface area contributed by atoms with Crippen molar-refractivity contribution in [2.75, 3.05) is 24.2 Å². The number of fused-ring (bicyclic) bond motifs is 1. The van der Waals surface area contributed by atoms with Gasteiger partial charge >= 0.3 is 0 Å². The number of rotatable bonds is 8. The molecule has 1 aromatic heterocycles. The van der Waals surface area contributed by atoms with Gasteiger partial charge in [0.1, 0.15) is 0 Å². The third-order valence-electron chi connectivity index (χ3n) is 5.43. The SMILES string of the molecule is CCCn1c(SCC(=O)Nc2cccc(S(=O)(=O)N3CCCC3)c2)nc2ccccc2c1=O. The normalized spacial score (nSPS) is 14.6. The van der Waals surface area contributed by atoms with Crippen LogP contribution in [0.1, 0.15) is 26.2 Å². The van der Waals surface area contributed by atoms with Crippen LogP contribution in [-0.4, -0.2) is 47.0 Å². The van der Waals surface area contributed by atoms with Crippen molar-refractivity contribution in [3.05, 3.63) is 58.9 Å². The zero-order chi connectivity index (χ0) is 23.4. The van der Waals surface area contributed by atoms with Gasteiger partial charge in [-0.1, -0.05) is 36.9 Å². The Morgan fingerprint density at radius 3 is 2.64 bits per heavy atom. The predicted molar refractivity (Wildman–Crippen MR) is 130 cm³/mol. The number of carbonyl (C=O) groups excluding carboxylic acids is 1. The van der Waals surface area contributed by atoms with E-state index in [0.29, 0.717) is 41.4 Å². The van der Waals surface area contributed by atoms with Crippen LogP contribution in [0.15, 0.2) is 63.4 Å². The van der Waals surface area contributed by atoms with E-state index < -0.39 is 10.0 Å². The van der Waals surface area contributed by atoms with Gasteiger partial charge in [0.05, 0.1) is 21.6 Å². The van der Waals surface area contributed by atoms with Gasteiger partial charge in [-0.15, -0.1) is 0 Å². The van der Waals surface area contributed by atoms with Crippen LogP contribution in [-0.2, 0) is 21.4 Å².